The van der Waals surface area contributed by atoms with Gasteiger partial charge in [-0.2, -0.15) is 13.2 Å². The fourth-order valence-corrected chi connectivity index (χ4v) is 3.62. The molecule has 0 radical (unpaired) electrons. The van der Waals surface area contributed by atoms with E-state index in [0.717, 1.165) is 42.1 Å². The Kier molecular flexibility index (Phi) is 4.88. The van der Waals surface area contributed by atoms with Crippen LogP contribution in [-0.4, -0.2) is 32.2 Å². The van der Waals surface area contributed by atoms with Gasteiger partial charge in [0, 0.05) is 30.0 Å². The number of hydrogen-bond donors (Lipinski definition) is 1. The minimum absolute atomic E-state index is 0.182. The summed E-state index contributed by atoms with van der Waals surface area (Å²) in [6.07, 6.45) is 0.0705. The van der Waals surface area contributed by atoms with Gasteiger partial charge in [-0.1, -0.05) is 12.1 Å². The number of aromatic nitrogens is 4. The van der Waals surface area contributed by atoms with Crippen molar-refractivity contribution in [1.29, 1.82) is 0 Å². The van der Waals surface area contributed by atoms with Crippen molar-refractivity contribution >= 4 is 17.2 Å². The Morgan fingerprint density at radius 1 is 1.32 bits per heavy atom. The number of benzene rings is 1. The van der Waals surface area contributed by atoms with Gasteiger partial charge in [0.1, 0.15) is 22.9 Å². The van der Waals surface area contributed by atoms with Crippen LogP contribution in [0.3, 0.4) is 0 Å². The van der Waals surface area contributed by atoms with Crippen molar-refractivity contribution in [1.82, 2.24) is 25.1 Å². The highest BCUT2D eigenvalue weighted by Gasteiger charge is 2.30. The van der Waals surface area contributed by atoms with E-state index >= 15 is 0 Å². The van der Waals surface area contributed by atoms with Crippen molar-refractivity contribution in [3.05, 3.63) is 53.1 Å². The molecule has 146 valence electrons. The Labute approximate surface area is 162 Å². The lowest BCUT2D eigenvalue weighted by Gasteiger charge is -2.07. The topological polar surface area (TPSA) is 72.7 Å². The molecule has 1 aromatic carbocycles. The molecular weight excluding hydrogens is 391 g/mol. The predicted molar refractivity (Wildman–Crippen MR) is 96.9 cm³/mol. The second-order valence-electron chi connectivity index (χ2n) is 6.51. The van der Waals surface area contributed by atoms with E-state index in [-0.39, 0.29) is 11.6 Å². The van der Waals surface area contributed by atoms with Crippen LogP contribution in [0.15, 0.2) is 36.0 Å². The SMILES string of the molecule is O=C(NCCc1nncn1C1CC1)c1csc(-c2cccc(C(F)(F)F)c2)n1. The van der Waals surface area contributed by atoms with E-state index in [4.69, 9.17) is 0 Å². The largest absolute Gasteiger partial charge is 0.416 e. The first kappa shape index (κ1) is 18.6. The molecule has 2 heterocycles. The highest BCUT2D eigenvalue weighted by Crippen LogP contribution is 2.35. The molecule has 0 unspecified atom stereocenters. The third kappa shape index (κ3) is 4.06. The number of carbonyl (C=O) groups is 1. The number of thiazole rings is 1. The van der Waals surface area contributed by atoms with E-state index in [0.29, 0.717) is 29.6 Å². The van der Waals surface area contributed by atoms with Gasteiger partial charge in [0.2, 0.25) is 0 Å². The molecule has 2 aromatic heterocycles. The summed E-state index contributed by atoms with van der Waals surface area (Å²) < 4.78 is 40.6. The smallest absolute Gasteiger partial charge is 0.350 e. The fraction of sp³-hybridized carbons (Fsp3) is 0.333. The lowest BCUT2D eigenvalue weighted by molar-refractivity contribution is -0.137. The normalized spacial score (nSPS) is 14.2. The maximum atomic E-state index is 12.9. The Balaban J connectivity index is 1.38. The van der Waals surface area contributed by atoms with Crippen molar-refractivity contribution in [3.8, 4) is 10.6 Å². The number of rotatable bonds is 6. The fourth-order valence-electron chi connectivity index (χ4n) is 2.82. The number of amides is 1. The quantitative estimate of drug-likeness (QED) is 0.676. The molecule has 28 heavy (non-hydrogen) atoms. The molecule has 1 aliphatic carbocycles. The first-order valence-corrected chi connectivity index (χ1v) is 9.59. The van der Waals surface area contributed by atoms with Crippen LogP contribution in [0.25, 0.3) is 10.6 Å². The summed E-state index contributed by atoms with van der Waals surface area (Å²) in [5.41, 5.74) is -0.233. The molecule has 6 nitrogen and oxygen atoms in total. The molecule has 0 spiro atoms. The summed E-state index contributed by atoms with van der Waals surface area (Å²) in [6, 6.07) is 5.38. The van der Waals surface area contributed by atoms with Crippen LogP contribution >= 0.6 is 11.3 Å². The van der Waals surface area contributed by atoms with Crippen LogP contribution in [0.4, 0.5) is 13.2 Å². The molecule has 1 N–H and O–H groups in total. The third-order valence-electron chi connectivity index (χ3n) is 4.40. The van der Waals surface area contributed by atoms with Crippen molar-refractivity contribution in [2.24, 2.45) is 0 Å². The Morgan fingerprint density at radius 2 is 2.14 bits per heavy atom. The standard InChI is InChI=1S/C18H16F3N5OS/c19-18(20,21)12-3-1-2-11(8-12)17-24-14(9-28-17)16(27)22-7-6-15-25-23-10-26(15)13-4-5-13/h1-3,8-10,13H,4-7H2,(H,22,27). The van der Waals surface area contributed by atoms with Gasteiger partial charge in [-0.15, -0.1) is 21.5 Å². The maximum absolute atomic E-state index is 12.9. The number of hydrogen-bond acceptors (Lipinski definition) is 5. The number of carbonyl (C=O) groups excluding carboxylic acids is 1. The van der Waals surface area contributed by atoms with Crippen LogP contribution in [0.2, 0.25) is 0 Å². The summed E-state index contributed by atoms with van der Waals surface area (Å²) in [6.45, 7) is 0.376. The molecule has 0 bridgehead atoms. The summed E-state index contributed by atoms with van der Waals surface area (Å²) in [4.78, 5) is 16.5. The van der Waals surface area contributed by atoms with E-state index in [1.807, 2.05) is 4.57 Å². The van der Waals surface area contributed by atoms with Gasteiger partial charge >= 0.3 is 6.18 Å². The predicted octanol–water partition coefficient (Wildman–Crippen LogP) is 3.73. The van der Waals surface area contributed by atoms with Gasteiger partial charge in [0.15, 0.2) is 0 Å². The first-order chi connectivity index (χ1) is 13.4. The van der Waals surface area contributed by atoms with Gasteiger partial charge in [0.25, 0.3) is 5.91 Å². The van der Waals surface area contributed by atoms with Gasteiger partial charge in [0.05, 0.1) is 5.56 Å². The monoisotopic (exact) mass is 407 g/mol. The first-order valence-electron chi connectivity index (χ1n) is 8.71. The second-order valence-corrected chi connectivity index (χ2v) is 7.37. The lowest BCUT2D eigenvalue weighted by atomic mass is 10.1. The average molecular weight is 407 g/mol. The summed E-state index contributed by atoms with van der Waals surface area (Å²) in [5.74, 6) is 0.456. The highest BCUT2D eigenvalue weighted by atomic mass is 32.1. The van der Waals surface area contributed by atoms with E-state index < -0.39 is 11.7 Å². The number of halogens is 3. The highest BCUT2D eigenvalue weighted by molar-refractivity contribution is 7.13. The maximum Gasteiger partial charge on any atom is 0.416 e. The molecule has 0 aliphatic heterocycles. The molecule has 1 fully saturated rings. The molecule has 0 saturated heterocycles. The molecule has 1 saturated carbocycles. The van der Waals surface area contributed by atoms with Crippen molar-refractivity contribution in [2.75, 3.05) is 6.54 Å². The molecular formula is C18H16F3N5OS. The van der Waals surface area contributed by atoms with Crippen LogP contribution in [0.1, 0.15) is 40.8 Å². The van der Waals surface area contributed by atoms with Gasteiger partial charge in [-0.25, -0.2) is 4.98 Å². The number of nitrogens with zero attached hydrogens (tertiary/aromatic N) is 4. The molecule has 10 heteroatoms. The Bertz CT molecular complexity index is 993. The second kappa shape index (κ2) is 7.34. The van der Waals surface area contributed by atoms with Gasteiger partial charge in [-0.3, -0.25) is 4.79 Å². The minimum Gasteiger partial charge on any atom is -0.350 e. The minimum atomic E-state index is -4.42. The lowest BCUT2D eigenvalue weighted by Crippen LogP contribution is -2.26. The summed E-state index contributed by atoms with van der Waals surface area (Å²) >= 11 is 1.13. The zero-order valence-electron chi connectivity index (χ0n) is 14.6. The van der Waals surface area contributed by atoms with E-state index in [1.54, 1.807) is 12.4 Å². The van der Waals surface area contributed by atoms with E-state index in [2.05, 4.69) is 20.5 Å². The van der Waals surface area contributed by atoms with Crippen LogP contribution in [-0.2, 0) is 12.6 Å². The van der Waals surface area contributed by atoms with Crippen LogP contribution in [0, 0.1) is 0 Å². The summed E-state index contributed by atoms with van der Waals surface area (Å²) in [7, 11) is 0. The van der Waals surface area contributed by atoms with E-state index in [9.17, 15) is 18.0 Å². The average Bonchev–Trinajstić information content (AvgIpc) is 3.19. The number of nitrogens with one attached hydrogen (secondary N) is 1. The Hall–Kier alpha value is -2.75. The molecule has 3 aromatic rings. The Morgan fingerprint density at radius 3 is 2.89 bits per heavy atom. The van der Waals surface area contributed by atoms with Crippen LogP contribution in [0.5, 0.6) is 0 Å². The summed E-state index contributed by atoms with van der Waals surface area (Å²) in [5, 5.41) is 12.7. The third-order valence-corrected chi connectivity index (χ3v) is 5.29. The van der Waals surface area contributed by atoms with Crippen molar-refractivity contribution in [2.45, 2.75) is 31.5 Å². The molecule has 1 aliphatic rings. The van der Waals surface area contributed by atoms with Crippen molar-refractivity contribution in [3.63, 3.8) is 0 Å². The zero-order valence-corrected chi connectivity index (χ0v) is 15.4. The van der Waals surface area contributed by atoms with Gasteiger partial charge in [-0.05, 0) is 25.0 Å². The molecule has 0 atom stereocenters. The van der Waals surface area contributed by atoms with E-state index in [1.165, 1.54) is 11.4 Å². The molecule has 1 amide bonds. The van der Waals surface area contributed by atoms with Crippen molar-refractivity contribution < 1.29 is 18.0 Å². The van der Waals surface area contributed by atoms with Crippen LogP contribution < -0.4 is 5.32 Å². The van der Waals surface area contributed by atoms with Gasteiger partial charge < -0.3 is 9.88 Å². The molecule has 4 rings (SSSR count). The zero-order chi connectivity index (χ0) is 19.7. The number of alkyl halides is 3.